The van der Waals surface area contributed by atoms with Crippen molar-refractivity contribution in [1.82, 2.24) is 15.2 Å². The number of amides is 2. The lowest BCUT2D eigenvalue weighted by atomic mass is 10.0. The zero-order valence-electron chi connectivity index (χ0n) is 11.7. The number of halogens is 2. The second kappa shape index (κ2) is 7.09. The number of hydrogen-bond donors (Lipinski definition) is 1. The van der Waals surface area contributed by atoms with Gasteiger partial charge in [0.2, 0.25) is 5.91 Å². The van der Waals surface area contributed by atoms with Crippen molar-refractivity contribution in [3.63, 3.8) is 0 Å². The van der Waals surface area contributed by atoms with Gasteiger partial charge in [0.1, 0.15) is 10.3 Å². The fourth-order valence-corrected chi connectivity index (χ4v) is 2.79. The van der Waals surface area contributed by atoms with Gasteiger partial charge in [-0.3, -0.25) is 9.59 Å². The van der Waals surface area contributed by atoms with Gasteiger partial charge < -0.3 is 10.2 Å². The Morgan fingerprint density at radius 2 is 1.86 bits per heavy atom. The van der Waals surface area contributed by atoms with E-state index in [0.717, 1.165) is 12.8 Å². The number of hydrogen-bond acceptors (Lipinski definition) is 3. The van der Waals surface area contributed by atoms with E-state index in [-0.39, 0.29) is 28.2 Å². The van der Waals surface area contributed by atoms with E-state index in [1.807, 2.05) is 6.92 Å². The van der Waals surface area contributed by atoms with Gasteiger partial charge in [-0.2, -0.15) is 0 Å². The molecule has 1 aliphatic rings. The molecule has 5 nitrogen and oxygen atoms in total. The number of carbonyl (C=O) groups is 2. The standard InChI is InChI=1S/C14H17Cl2N3O2/c1-2-13(20)17-10-3-5-19(6-4-10)14(21)9-7-11(15)18-12(16)8-9/h7-8,10H,2-6H2,1H3,(H,17,20). The highest BCUT2D eigenvalue weighted by atomic mass is 35.5. The Morgan fingerprint density at radius 1 is 1.29 bits per heavy atom. The molecule has 0 bridgehead atoms. The number of pyridine rings is 1. The lowest BCUT2D eigenvalue weighted by molar-refractivity contribution is -0.121. The average molecular weight is 330 g/mol. The Morgan fingerprint density at radius 3 is 2.38 bits per heavy atom. The highest BCUT2D eigenvalue weighted by Crippen LogP contribution is 2.19. The van der Waals surface area contributed by atoms with Crippen LogP contribution in [-0.4, -0.2) is 40.8 Å². The van der Waals surface area contributed by atoms with Gasteiger partial charge in [0.25, 0.3) is 5.91 Å². The maximum atomic E-state index is 12.4. The van der Waals surface area contributed by atoms with Gasteiger partial charge >= 0.3 is 0 Å². The summed E-state index contributed by atoms with van der Waals surface area (Å²) in [5, 5.41) is 3.37. The molecule has 1 aromatic rings. The van der Waals surface area contributed by atoms with Gasteiger partial charge in [0, 0.05) is 31.1 Å². The van der Waals surface area contributed by atoms with E-state index < -0.39 is 0 Å². The summed E-state index contributed by atoms with van der Waals surface area (Å²) in [5.41, 5.74) is 0.441. The molecule has 2 amide bonds. The van der Waals surface area contributed by atoms with Crippen LogP contribution in [0.4, 0.5) is 0 Å². The molecule has 1 aromatic heterocycles. The van der Waals surface area contributed by atoms with Gasteiger partial charge in [0.05, 0.1) is 0 Å². The third-order valence-corrected chi connectivity index (χ3v) is 3.87. The largest absolute Gasteiger partial charge is 0.353 e. The van der Waals surface area contributed by atoms with Crippen LogP contribution >= 0.6 is 23.2 Å². The molecule has 0 radical (unpaired) electrons. The number of nitrogens with zero attached hydrogens (tertiary/aromatic N) is 2. The lowest BCUT2D eigenvalue weighted by Crippen LogP contribution is -2.46. The van der Waals surface area contributed by atoms with Crippen molar-refractivity contribution in [3.05, 3.63) is 28.0 Å². The Kier molecular flexibility index (Phi) is 5.42. The fraction of sp³-hybridized carbons (Fsp3) is 0.500. The molecule has 1 N–H and O–H groups in total. The Balaban J connectivity index is 1.95. The van der Waals surface area contributed by atoms with E-state index in [9.17, 15) is 9.59 Å². The molecule has 0 spiro atoms. The zero-order valence-corrected chi connectivity index (χ0v) is 13.2. The average Bonchev–Trinajstić information content (AvgIpc) is 2.46. The molecule has 114 valence electrons. The maximum Gasteiger partial charge on any atom is 0.254 e. The summed E-state index contributed by atoms with van der Waals surface area (Å²) >= 11 is 11.6. The molecule has 21 heavy (non-hydrogen) atoms. The first-order chi connectivity index (χ1) is 9.99. The predicted molar refractivity (Wildman–Crippen MR) is 81.6 cm³/mol. The quantitative estimate of drug-likeness (QED) is 0.866. The summed E-state index contributed by atoms with van der Waals surface area (Å²) in [7, 11) is 0. The second-order valence-corrected chi connectivity index (χ2v) is 5.76. The first kappa shape index (κ1) is 16.0. The number of piperidine rings is 1. The minimum Gasteiger partial charge on any atom is -0.353 e. The van der Waals surface area contributed by atoms with Crippen LogP contribution in [-0.2, 0) is 4.79 Å². The molecule has 1 aliphatic heterocycles. The predicted octanol–water partition coefficient (Wildman–Crippen LogP) is 2.52. The van der Waals surface area contributed by atoms with Crippen LogP contribution in [0.3, 0.4) is 0 Å². The normalized spacial score (nSPS) is 15.9. The van der Waals surface area contributed by atoms with Gasteiger partial charge in [0.15, 0.2) is 0 Å². The number of likely N-dealkylation sites (tertiary alicyclic amines) is 1. The molecule has 0 aliphatic carbocycles. The fourth-order valence-electron chi connectivity index (χ4n) is 2.33. The van der Waals surface area contributed by atoms with Crippen LogP contribution < -0.4 is 5.32 Å². The van der Waals surface area contributed by atoms with Crippen LogP contribution in [0.1, 0.15) is 36.5 Å². The molecular weight excluding hydrogens is 313 g/mol. The van der Waals surface area contributed by atoms with E-state index in [2.05, 4.69) is 10.3 Å². The van der Waals surface area contributed by atoms with Crippen molar-refractivity contribution in [2.75, 3.05) is 13.1 Å². The summed E-state index contributed by atoms with van der Waals surface area (Å²) in [6, 6.07) is 3.17. The number of nitrogens with one attached hydrogen (secondary N) is 1. The summed E-state index contributed by atoms with van der Waals surface area (Å²) in [5.74, 6) is -0.0612. The van der Waals surface area contributed by atoms with Crippen molar-refractivity contribution in [2.24, 2.45) is 0 Å². The van der Waals surface area contributed by atoms with Crippen molar-refractivity contribution in [2.45, 2.75) is 32.2 Å². The summed E-state index contributed by atoms with van der Waals surface area (Å²) in [6.45, 7) is 3.03. The monoisotopic (exact) mass is 329 g/mol. The minimum absolute atomic E-state index is 0.0486. The lowest BCUT2D eigenvalue weighted by Gasteiger charge is -2.32. The highest BCUT2D eigenvalue weighted by Gasteiger charge is 2.24. The summed E-state index contributed by atoms with van der Waals surface area (Å²) < 4.78 is 0. The van der Waals surface area contributed by atoms with Crippen LogP contribution in [0.25, 0.3) is 0 Å². The molecule has 0 unspecified atom stereocenters. The van der Waals surface area contributed by atoms with E-state index in [0.29, 0.717) is 25.1 Å². The summed E-state index contributed by atoms with van der Waals surface area (Å²) in [6.07, 6.45) is 1.99. The molecule has 0 saturated carbocycles. The number of carbonyl (C=O) groups excluding carboxylic acids is 2. The van der Waals surface area contributed by atoms with Crippen LogP contribution in [0.2, 0.25) is 10.3 Å². The number of aromatic nitrogens is 1. The number of rotatable bonds is 3. The highest BCUT2D eigenvalue weighted by molar-refractivity contribution is 6.33. The first-order valence-electron chi connectivity index (χ1n) is 6.91. The Labute approximate surface area is 133 Å². The van der Waals surface area contributed by atoms with Crippen molar-refractivity contribution < 1.29 is 9.59 Å². The van der Waals surface area contributed by atoms with Gasteiger partial charge in [-0.15, -0.1) is 0 Å². The Bertz CT molecular complexity index is 523. The topological polar surface area (TPSA) is 62.3 Å². The molecule has 2 rings (SSSR count). The maximum absolute atomic E-state index is 12.4. The molecule has 0 atom stereocenters. The van der Waals surface area contributed by atoms with Crippen molar-refractivity contribution in [3.8, 4) is 0 Å². The van der Waals surface area contributed by atoms with Crippen LogP contribution in [0, 0.1) is 0 Å². The van der Waals surface area contributed by atoms with Crippen LogP contribution in [0.5, 0.6) is 0 Å². The molecule has 1 fully saturated rings. The van der Waals surface area contributed by atoms with Crippen molar-refractivity contribution >= 4 is 35.0 Å². The van der Waals surface area contributed by atoms with Gasteiger partial charge in [-0.25, -0.2) is 4.98 Å². The van der Waals surface area contributed by atoms with E-state index in [4.69, 9.17) is 23.2 Å². The van der Waals surface area contributed by atoms with E-state index >= 15 is 0 Å². The molecule has 2 heterocycles. The summed E-state index contributed by atoms with van der Waals surface area (Å²) in [4.78, 5) is 29.3. The molecular formula is C14H17Cl2N3O2. The molecule has 7 heteroatoms. The SMILES string of the molecule is CCC(=O)NC1CCN(C(=O)c2cc(Cl)nc(Cl)c2)CC1. The second-order valence-electron chi connectivity index (χ2n) is 4.99. The van der Waals surface area contributed by atoms with Gasteiger partial charge in [-0.1, -0.05) is 30.1 Å². The van der Waals surface area contributed by atoms with Crippen molar-refractivity contribution in [1.29, 1.82) is 0 Å². The van der Waals surface area contributed by atoms with E-state index in [1.165, 1.54) is 12.1 Å². The third-order valence-electron chi connectivity index (χ3n) is 3.48. The third kappa shape index (κ3) is 4.32. The first-order valence-corrected chi connectivity index (χ1v) is 7.67. The smallest absolute Gasteiger partial charge is 0.254 e. The van der Waals surface area contributed by atoms with E-state index in [1.54, 1.807) is 4.90 Å². The molecule has 1 saturated heterocycles. The zero-order chi connectivity index (χ0) is 15.4. The minimum atomic E-state index is -0.110. The Hall–Kier alpha value is -1.33. The molecule has 0 aromatic carbocycles. The van der Waals surface area contributed by atoms with Gasteiger partial charge in [-0.05, 0) is 25.0 Å². The van der Waals surface area contributed by atoms with Crippen LogP contribution in [0.15, 0.2) is 12.1 Å².